The van der Waals surface area contributed by atoms with Gasteiger partial charge in [-0.2, -0.15) is 5.12 Å². The molecule has 1 nitrogen and oxygen atoms in total. The van der Waals surface area contributed by atoms with E-state index in [9.17, 15) is 4.48 Å². The lowest BCUT2D eigenvalue weighted by molar-refractivity contribution is 0.144. The summed E-state index contributed by atoms with van der Waals surface area (Å²) in [6.07, 6.45) is 6.25. The van der Waals surface area contributed by atoms with Gasteiger partial charge in [-0.3, -0.25) is 0 Å². The fourth-order valence-electron chi connectivity index (χ4n) is 0.459. The molecule has 0 spiro atoms. The van der Waals surface area contributed by atoms with Gasteiger partial charge in [0.15, 0.2) is 0 Å². The van der Waals surface area contributed by atoms with Crippen molar-refractivity contribution in [2.45, 2.75) is 0 Å². The van der Waals surface area contributed by atoms with E-state index in [0.717, 1.165) is 0 Å². The van der Waals surface area contributed by atoms with Gasteiger partial charge < -0.3 is 0 Å². The van der Waals surface area contributed by atoms with E-state index in [4.69, 9.17) is 0 Å². The van der Waals surface area contributed by atoms with E-state index in [2.05, 4.69) is 6.58 Å². The molecule has 0 radical (unpaired) electrons. The first-order chi connectivity index (χ1) is 3.80. The summed E-state index contributed by atoms with van der Waals surface area (Å²) in [5.74, 6) is 0. The average molecular weight is 111 g/mol. The summed E-state index contributed by atoms with van der Waals surface area (Å²) >= 11 is 0. The molecule has 0 aromatic heterocycles. The largest absolute Gasteiger partial charge is 0.188 e. The number of rotatable bonds is 0. The van der Waals surface area contributed by atoms with E-state index in [0.29, 0.717) is 10.8 Å². The molecular weight excluding hydrogens is 105 g/mol. The average Bonchev–Trinajstić information content (AvgIpc) is 1.77. The molecule has 42 valence electrons. The summed E-state index contributed by atoms with van der Waals surface area (Å²) in [5, 5.41) is 0.472. The van der Waals surface area contributed by atoms with Crippen molar-refractivity contribution in [2.75, 3.05) is 0 Å². The number of hydrogen-bond donors (Lipinski definition) is 0. The number of allylic oxidation sites excluding steroid dienone is 3. The Morgan fingerprint density at radius 1 is 1.50 bits per heavy atom. The first-order valence-electron chi connectivity index (χ1n) is 2.29. The third-order valence-corrected chi connectivity index (χ3v) is 0.891. The summed E-state index contributed by atoms with van der Waals surface area (Å²) in [6, 6.07) is 0. The number of hydrogen-bond acceptors (Lipinski definition) is 1. The van der Waals surface area contributed by atoms with Crippen molar-refractivity contribution in [2.24, 2.45) is 0 Å². The second kappa shape index (κ2) is 1.82. The quantitative estimate of drug-likeness (QED) is 0.430. The van der Waals surface area contributed by atoms with Crippen molar-refractivity contribution in [3.8, 4) is 0 Å². The molecule has 0 aliphatic carbocycles. The van der Waals surface area contributed by atoms with E-state index in [1.165, 1.54) is 6.20 Å². The monoisotopic (exact) mass is 111 g/mol. The molecule has 1 aliphatic heterocycles. The normalized spacial score (nSPS) is 17.6. The Morgan fingerprint density at radius 2 is 2.25 bits per heavy atom. The Kier molecular flexibility index (Phi) is 1.16. The van der Waals surface area contributed by atoms with Gasteiger partial charge in [-0.25, -0.2) is 0 Å². The minimum absolute atomic E-state index is 0.368. The highest BCUT2D eigenvalue weighted by atomic mass is 19.2. The minimum Gasteiger partial charge on any atom is -0.188 e. The third kappa shape index (κ3) is 0.780. The number of nitrogens with zero attached hydrogens (tertiary/aromatic N) is 1. The maximum absolute atomic E-state index is 12.2. The predicted octanol–water partition coefficient (Wildman–Crippen LogP) is 1.77. The van der Waals surface area contributed by atoms with Gasteiger partial charge in [-0.1, -0.05) is 17.1 Å². The van der Waals surface area contributed by atoms with Crippen LogP contribution in [0.4, 0.5) is 4.48 Å². The molecule has 0 bridgehead atoms. The summed E-state index contributed by atoms with van der Waals surface area (Å²) in [6.45, 7) is 3.41. The van der Waals surface area contributed by atoms with E-state index in [1.807, 2.05) is 0 Å². The molecule has 1 aliphatic rings. The van der Waals surface area contributed by atoms with Crippen molar-refractivity contribution < 1.29 is 4.48 Å². The molecule has 0 N–H and O–H groups in total. The van der Waals surface area contributed by atoms with E-state index >= 15 is 0 Å². The fourth-order valence-corrected chi connectivity index (χ4v) is 0.459. The molecule has 0 saturated carbocycles. The second-order valence-corrected chi connectivity index (χ2v) is 1.50. The molecule has 0 unspecified atom stereocenters. The molecule has 8 heavy (non-hydrogen) atoms. The van der Waals surface area contributed by atoms with Gasteiger partial charge in [0.25, 0.3) is 0 Å². The third-order valence-electron chi connectivity index (χ3n) is 0.891. The lowest BCUT2D eigenvalue weighted by Crippen LogP contribution is -2.02. The summed E-state index contributed by atoms with van der Waals surface area (Å²) in [7, 11) is 0. The highest BCUT2D eigenvalue weighted by Crippen LogP contribution is 2.08. The van der Waals surface area contributed by atoms with Crippen molar-refractivity contribution >= 4 is 0 Å². The van der Waals surface area contributed by atoms with Gasteiger partial charge in [0.1, 0.15) is 0 Å². The van der Waals surface area contributed by atoms with E-state index in [-0.39, 0.29) is 0 Å². The van der Waals surface area contributed by atoms with Crippen LogP contribution in [0.25, 0.3) is 0 Å². The molecule has 0 aromatic rings. The second-order valence-electron chi connectivity index (χ2n) is 1.50. The molecule has 0 amide bonds. The topological polar surface area (TPSA) is 3.24 Å². The summed E-state index contributed by atoms with van der Waals surface area (Å²) in [5.41, 5.74) is 0.368. The van der Waals surface area contributed by atoms with Crippen LogP contribution in [0.15, 0.2) is 36.7 Å². The van der Waals surface area contributed by atoms with E-state index in [1.54, 1.807) is 18.2 Å². The molecular formula is C6H6FN. The smallest absolute Gasteiger partial charge is 0.0668 e. The van der Waals surface area contributed by atoms with Crippen LogP contribution in [-0.4, -0.2) is 5.12 Å². The zero-order chi connectivity index (χ0) is 5.98. The molecule has 1 heterocycles. The van der Waals surface area contributed by atoms with Crippen LogP contribution in [0.1, 0.15) is 0 Å². The Bertz CT molecular complexity index is 158. The van der Waals surface area contributed by atoms with Gasteiger partial charge in [-0.15, -0.1) is 0 Å². The van der Waals surface area contributed by atoms with Crippen molar-refractivity contribution in [1.29, 1.82) is 0 Å². The highest BCUT2D eigenvalue weighted by molar-refractivity contribution is 5.23. The minimum atomic E-state index is 0.368. The molecule has 2 heteroatoms. The van der Waals surface area contributed by atoms with Crippen LogP contribution < -0.4 is 0 Å². The maximum atomic E-state index is 12.2. The highest BCUT2D eigenvalue weighted by Gasteiger charge is 1.98. The Hall–Kier alpha value is -1.05. The summed E-state index contributed by atoms with van der Waals surface area (Å²) in [4.78, 5) is 0. The van der Waals surface area contributed by atoms with Crippen molar-refractivity contribution in [3.05, 3.63) is 36.7 Å². The van der Waals surface area contributed by atoms with Crippen LogP contribution in [0.3, 0.4) is 0 Å². The molecule has 0 fully saturated rings. The van der Waals surface area contributed by atoms with Crippen molar-refractivity contribution in [1.82, 2.24) is 5.12 Å². The van der Waals surface area contributed by atoms with E-state index < -0.39 is 0 Å². The Morgan fingerprint density at radius 3 is 2.62 bits per heavy atom. The van der Waals surface area contributed by atoms with Gasteiger partial charge in [0.05, 0.1) is 5.70 Å². The molecule has 0 aromatic carbocycles. The van der Waals surface area contributed by atoms with Gasteiger partial charge in [0, 0.05) is 6.20 Å². The maximum Gasteiger partial charge on any atom is 0.0668 e. The predicted molar refractivity (Wildman–Crippen MR) is 30.4 cm³/mol. The zero-order valence-corrected chi connectivity index (χ0v) is 4.34. The number of halogens is 1. The first-order valence-corrected chi connectivity index (χ1v) is 2.29. The lowest BCUT2D eigenvalue weighted by Gasteiger charge is -2.09. The van der Waals surface area contributed by atoms with Gasteiger partial charge in [0.2, 0.25) is 0 Å². The van der Waals surface area contributed by atoms with Crippen LogP contribution in [0.2, 0.25) is 0 Å². The van der Waals surface area contributed by atoms with Gasteiger partial charge >= 0.3 is 0 Å². The zero-order valence-electron chi connectivity index (χ0n) is 4.34. The Labute approximate surface area is 47.3 Å². The van der Waals surface area contributed by atoms with Crippen LogP contribution in [0.5, 0.6) is 0 Å². The van der Waals surface area contributed by atoms with Crippen LogP contribution in [-0.2, 0) is 0 Å². The lowest BCUT2D eigenvalue weighted by atomic mass is 10.3. The Balaban J connectivity index is 2.74. The SMILES string of the molecule is C=C1C=CC=CN1F. The molecule has 0 atom stereocenters. The standard InChI is InChI=1S/C6H6FN/c1-6-4-2-3-5-8(6)7/h2-5H,1H2. The van der Waals surface area contributed by atoms with Crippen LogP contribution >= 0.6 is 0 Å². The van der Waals surface area contributed by atoms with Crippen molar-refractivity contribution in [3.63, 3.8) is 0 Å². The summed E-state index contributed by atoms with van der Waals surface area (Å²) < 4.78 is 12.2. The molecule has 0 saturated heterocycles. The van der Waals surface area contributed by atoms with Crippen LogP contribution in [0, 0.1) is 0 Å². The molecule has 1 rings (SSSR count). The van der Waals surface area contributed by atoms with Gasteiger partial charge in [-0.05, 0) is 12.2 Å². The first kappa shape index (κ1) is 5.09. The fraction of sp³-hybridized carbons (Fsp3) is 0.